The van der Waals surface area contributed by atoms with Gasteiger partial charge in [0, 0.05) is 35.7 Å². The van der Waals surface area contributed by atoms with E-state index in [0.717, 1.165) is 18.2 Å². The maximum atomic E-state index is 12.8. The van der Waals surface area contributed by atoms with Crippen LogP contribution in [-0.4, -0.2) is 50.5 Å². The van der Waals surface area contributed by atoms with Gasteiger partial charge in [-0.05, 0) is 51.8 Å². The number of amides is 2. The van der Waals surface area contributed by atoms with Crippen molar-refractivity contribution in [2.75, 3.05) is 18.4 Å². The smallest absolute Gasteiger partial charge is 0.410 e. The summed E-state index contributed by atoms with van der Waals surface area (Å²) in [5, 5.41) is 18.8. The summed E-state index contributed by atoms with van der Waals surface area (Å²) in [6, 6.07) is 12.2. The number of phenols is 1. The number of rotatable bonds is 3. The molecule has 8 heteroatoms. The third-order valence-corrected chi connectivity index (χ3v) is 5.41. The van der Waals surface area contributed by atoms with Gasteiger partial charge >= 0.3 is 6.09 Å². The van der Waals surface area contributed by atoms with Crippen LogP contribution in [0.5, 0.6) is 5.75 Å². The third-order valence-electron chi connectivity index (χ3n) is 5.41. The summed E-state index contributed by atoms with van der Waals surface area (Å²) in [5.41, 5.74) is 0.350. The minimum atomic E-state index is -0.542. The van der Waals surface area contributed by atoms with E-state index in [4.69, 9.17) is 4.74 Å². The number of carbonyl (C=O) groups excluding carboxylic acids is 2. The van der Waals surface area contributed by atoms with Crippen molar-refractivity contribution in [2.24, 2.45) is 0 Å². The van der Waals surface area contributed by atoms with Crippen molar-refractivity contribution in [3.8, 4) is 5.75 Å². The Morgan fingerprint density at radius 3 is 2.62 bits per heavy atom. The van der Waals surface area contributed by atoms with E-state index in [9.17, 15) is 14.7 Å². The quantitative estimate of drug-likeness (QED) is 0.587. The molecule has 2 heterocycles. The number of likely N-dealkylation sites (tertiary alicyclic amines) is 1. The van der Waals surface area contributed by atoms with Gasteiger partial charge < -0.3 is 20.1 Å². The molecule has 4 rings (SSSR count). The Kier molecular flexibility index (Phi) is 5.78. The Morgan fingerprint density at radius 2 is 1.88 bits per heavy atom. The summed E-state index contributed by atoms with van der Waals surface area (Å²) < 4.78 is 7.24. The van der Waals surface area contributed by atoms with Crippen LogP contribution in [0, 0.1) is 0 Å². The molecule has 2 N–H and O–H groups in total. The van der Waals surface area contributed by atoms with Gasteiger partial charge in [-0.2, -0.15) is 5.10 Å². The first-order valence-electron chi connectivity index (χ1n) is 10.8. The number of benzene rings is 2. The van der Waals surface area contributed by atoms with Gasteiger partial charge in [0.05, 0.1) is 6.04 Å². The molecule has 1 aliphatic heterocycles. The predicted octanol–water partition coefficient (Wildman–Crippen LogP) is 4.57. The highest BCUT2D eigenvalue weighted by Crippen LogP contribution is 2.31. The zero-order chi connectivity index (χ0) is 22.9. The number of phenolic OH excluding ortho intramolecular Hbond substituents is 1. The Bertz CT molecular complexity index is 1150. The minimum absolute atomic E-state index is 0.0210. The Labute approximate surface area is 186 Å². The van der Waals surface area contributed by atoms with Gasteiger partial charge in [-0.25, -0.2) is 4.79 Å². The number of hydrogen-bond acceptors (Lipinski definition) is 5. The lowest BCUT2D eigenvalue weighted by Crippen LogP contribution is -2.43. The molecule has 0 bridgehead atoms. The third kappa shape index (κ3) is 4.69. The number of hydrogen-bond donors (Lipinski definition) is 2. The fourth-order valence-electron chi connectivity index (χ4n) is 3.90. The van der Waals surface area contributed by atoms with Crippen molar-refractivity contribution in [3.63, 3.8) is 0 Å². The van der Waals surface area contributed by atoms with E-state index in [0.29, 0.717) is 24.2 Å². The fraction of sp³-hybridized carbons (Fsp3) is 0.375. The molecule has 0 spiro atoms. The first-order chi connectivity index (χ1) is 15.2. The lowest BCUT2D eigenvalue weighted by atomic mass is 10.1. The van der Waals surface area contributed by atoms with Crippen molar-refractivity contribution < 1.29 is 19.4 Å². The van der Waals surface area contributed by atoms with E-state index in [2.05, 4.69) is 10.4 Å². The molecule has 3 aromatic rings. The minimum Gasteiger partial charge on any atom is -0.507 e. The number of nitrogens with one attached hydrogen (secondary N) is 1. The molecule has 2 aromatic carbocycles. The highest BCUT2D eigenvalue weighted by atomic mass is 16.6. The van der Waals surface area contributed by atoms with E-state index in [1.54, 1.807) is 40.0 Å². The van der Waals surface area contributed by atoms with Crippen molar-refractivity contribution in [1.29, 1.82) is 0 Å². The largest absolute Gasteiger partial charge is 0.507 e. The van der Waals surface area contributed by atoms with E-state index in [1.807, 2.05) is 39.0 Å². The van der Waals surface area contributed by atoms with Crippen molar-refractivity contribution in [2.45, 2.75) is 45.3 Å². The SMILES string of the molecule is CC(C)(C)OC(=O)N1CCCC(n2ccc(C(=O)Nc3ccc(O)c4ccccc34)n2)C1. The van der Waals surface area contributed by atoms with Gasteiger partial charge in [0.2, 0.25) is 0 Å². The van der Waals surface area contributed by atoms with Gasteiger partial charge in [0.25, 0.3) is 5.91 Å². The Balaban J connectivity index is 1.46. The molecule has 0 radical (unpaired) electrons. The monoisotopic (exact) mass is 436 g/mol. The van der Waals surface area contributed by atoms with Gasteiger partial charge in [-0.15, -0.1) is 0 Å². The second-order valence-electron chi connectivity index (χ2n) is 9.04. The highest BCUT2D eigenvalue weighted by molar-refractivity contribution is 6.09. The summed E-state index contributed by atoms with van der Waals surface area (Å²) in [4.78, 5) is 27.0. The first kappa shape index (κ1) is 21.7. The standard InChI is InChI=1S/C24H28N4O4/c1-24(2,3)32-23(31)27-13-6-7-16(15-27)28-14-12-20(26-28)22(30)25-19-10-11-21(29)18-9-5-4-8-17(18)19/h4-5,8-12,14,16,29H,6-7,13,15H2,1-3H3,(H,25,30). The molecule has 1 fully saturated rings. The summed E-state index contributed by atoms with van der Waals surface area (Å²) in [7, 11) is 0. The number of ether oxygens (including phenoxy) is 1. The molecule has 1 saturated heterocycles. The van der Waals surface area contributed by atoms with Crippen LogP contribution < -0.4 is 5.32 Å². The summed E-state index contributed by atoms with van der Waals surface area (Å²) in [5.74, 6) is -0.172. The van der Waals surface area contributed by atoms with Gasteiger partial charge in [0.15, 0.2) is 5.69 Å². The van der Waals surface area contributed by atoms with Gasteiger partial charge in [-0.3, -0.25) is 9.48 Å². The second kappa shape index (κ2) is 8.53. The fourth-order valence-corrected chi connectivity index (χ4v) is 3.90. The Morgan fingerprint density at radius 1 is 1.12 bits per heavy atom. The van der Waals surface area contributed by atoms with Crippen LogP contribution in [0.25, 0.3) is 10.8 Å². The number of nitrogens with zero attached hydrogens (tertiary/aromatic N) is 3. The van der Waals surface area contributed by atoms with Crippen molar-refractivity contribution in [3.05, 3.63) is 54.4 Å². The molecular weight excluding hydrogens is 408 g/mol. The zero-order valence-corrected chi connectivity index (χ0v) is 18.5. The number of aromatic hydroxyl groups is 1. The van der Waals surface area contributed by atoms with Crippen LogP contribution in [0.4, 0.5) is 10.5 Å². The normalized spacial score (nSPS) is 16.7. The highest BCUT2D eigenvalue weighted by Gasteiger charge is 2.29. The number of piperidine rings is 1. The molecule has 1 aliphatic rings. The number of aromatic nitrogens is 2. The lowest BCUT2D eigenvalue weighted by Gasteiger charge is -2.34. The van der Waals surface area contributed by atoms with Crippen molar-refractivity contribution >= 4 is 28.5 Å². The summed E-state index contributed by atoms with van der Waals surface area (Å²) in [6.45, 7) is 6.68. The van der Waals surface area contributed by atoms with Crippen LogP contribution in [0.1, 0.15) is 50.1 Å². The van der Waals surface area contributed by atoms with E-state index >= 15 is 0 Å². The first-order valence-corrected chi connectivity index (χ1v) is 10.8. The topological polar surface area (TPSA) is 96.7 Å². The van der Waals surface area contributed by atoms with Crippen LogP contribution in [0.3, 0.4) is 0 Å². The Hall–Kier alpha value is -3.55. The lowest BCUT2D eigenvalue weighted by molar-refractivity contribution is 0.0167. The molecule has 168 valence electrons. The average molecular weight is 437 g/mol. The number of carbonyl (C=O) groups is 2. The molecular formula is C24H28N4O4. The predicted molar refractivity (Wildman–Crippen MR) is 122 cm³/mol. The van der Waals surface area contributed by atoms with Gasteiger partial charge in [-0.1, -0.05) is 24.3 Å². The maximum absolute atomic E-state index is 12.8. The molecule has 2 amide bonds. The van der Waals surface area contributed by atoms with Crippen LogP contribution in [0.2, 0.25) is 0 Å². The molecule has 0 aliphatic carbocycles. The van der Waals surface area contributed by atoms with Gasteiger partial charge in [0.1, 0.15) is 11.4 Å². The van der Waals surface area contributed by atoms with E-state index in [-0.39, 0.29) is 29.5 Å². The second-order valence-corrected chi connectivity index (χ2v) is 9.04. The molecule has 0 saturated carbocycles. The number of fused-ring (bicyclic) bond motifs is 1. The van der Waals surface area contributed by atoms with E-state index < -0.39 is 5.60 Å². The molecule has 32 heavy (non-hydrogen) atoms. The van der Waals surface area contributed by atoms with E-state index in [1.165, 1.54) is 0 Å². The molecule has 8 nitrogen and oxygen atoms in total. The summed E-state index contributed by atoms with van der Waals surface area (Å²) >= 11 is 0. The van der Waals surface area contributed by atoms with Crippen LogP contribution in [-0.2, 0) is 4.74 Å². The number of anilines is 1. The average Bonchev–Trinajstić information content (AvgIpc) is 3.25. The molecule has 1 unspecified atom stereocenters. The molecule has 1 aromatic heterocycles. The maximum Gasteiger partial charge on any atom is 0.410 e. The van der Waals surface area contributed by atoms with Crippen LogP contribution in [0.15, 0.2) is 48.7 Å². The van der Waals surface area contributed by atoms with Crippen molar-refractivity contribution in [1.82, 2.24) is 14.7 Å². The summed E-state index contributed by atoms with van der Waals surface area (Å²) in [6.07, 6.45) is 3.15. The van der Waals surface area contributed by atoms with Crippen LogP contribution >= 0.6 is 0 Å². The molecule has 1 atom stereocenters. The zero-order valence-electron chi connectivity index (χ0n) is 18.5.